The first kappa shape index (κ1) is 23.6. The molecule has 150 valence electrons. The van der Waals surface area contributed by atoms with Gasteiger partial charge in [-0.3, -0.25) is 0 Å². The van der Waals surface area contributed by atoms with E-state index in [1.807, 2.05) is 24.4 Å². The van der Waals surface area contributed by atoms with E-state index in [1.54, 1.807) is 19.1 Å². The lowest BCUT2D eigenvalue weighted by Gasteiger charge is -2.23. The fraction of sp³-hybridized carbons (Fsp3) is 0.389. The summed E-state index contributed by atoms with van der Waals surface area (Å²) in [6.07, 6.45) is 0. The molecule has 2 aromatic rings. The van der Waals surface area contributed by atoms with E-state index in [2.05, 4.69) is 20.4 Å². The molecule has 0 fully saturated rings. The smallest absolute Gasteiger partial charge is 0.387 e. The number of aliphatic imine (C=N–C) groups is 1. The number of hydrogen-bond donors (Lipinski definition) is 3. The minimum atomic E-state index is -2.85. The van der Waals surface area contributed by atoms with Crippen molar-refractivity contribution in [2.45, 2.75) is 32.6 Å². The standard InChI is InChI=1S/C18H23F2N3O2S.HI/c1-3-21-17(23-12-18(2,24)15-8-5-9-26-15)22-11-13-6-4-7-14(10-13)25-16(19)20;/h4-10,16,24H,3,11-12H2,1-2H3,(H2,21,22,23);1H. The van der Waals surface area contributed by atoms with Gasteiger partial charge in [-0.25, -0.2) is 4.99 Å². The van der Waals surface area contributed by atoms with Gasteiger partial charge in [-0.2, -0.15) is 8.78 Å². The van der Waals surface area contributed by atoms with Crippen LogP contribution in [0.25, 0.3) is 0 Å². The van der Waals surface area contributed by atoms with Crippen LogP contribution in [0.1, 0.15) is 24.3 Å². The number of nitrogens with one attached hydrogen (secondary N) is 2. The van der Waals surface area contributed by atoms with Crippen LogP contribution in [0, 0.1) is 0 Å². The molecule has 3 N–H and O–H groups in total. The van der Waals surface area contributed by atoms with Crippen molar-refractivity contribution < 1.29 is 18.6 Å². The SMILES string of the molecule is CCNC(=NCc1cccc(OC(F)F)c1)NCC(C)(O)c1cccs1.I. The van der Waals surface area contributed by atoms with Crippen LogP contribution in [0.5, 0.6) is 5.75 Å². The highest BCUT2D eigenvalue weighted by atomic mass is 127. The average Bonchev–Trinajstić information content (AvgIpc) is 3.13. The maximum atomic E-state index is 12.3. The molecule has 0 radical (unpaired) electrons. The van der Waals surface area contributed by atoms with Crippen LogP contribution in [0.15, 0.2) is 46.8 Å². The Morgan fingerprint density at radius 1 is 1.30 bits per heavy atom. The zero-order valence-electron chi connectivity index (χ0n) is 15.1. The predicted molar refractivity (Wildman–Crippen MR) is 115 cm³/mol. The molecule has 0 saturated carbocycles. The molecule has 1 atom stereocenters. The quantitative estimate of drug-likeness (QED) is 0.286. The van der Waals surface area contributed by atoms with E-state index < -0.39 is 12.2 Å². The predicted octanol–water partition coefficient (Wildman–Crippen LogP) is 3.93. The fourth-order valence-corrected chi connectivity index (χ4v) is 3.05. The van der Waals surface area contributed by atoms with Crippen LogP contribution in [-0.2, 0) is 12.1 Å². The van der Waals surface area contributed by atoms with E-state index in [-0.39, 0.29) is 42.8 Å². The van der Waals surface area contributed by atoms with Crippen LogP contribution >= 0.6 is 35.3 Å². The first-order valence-corrected chi connectivity index (χ1v) is 9.11. The zero-order chi connectivity index (χ0) is 19.0. The molecule has 0 aliphatic carbocycles. The van der Waals surface area contributed by atoms with Crippen molar-refractivity contribution in [3.63, 3.8) is 0 Å². The molecule has 0 aliphatic rings. The Labute approximate surface area is 178 Å². The average molecular weight is 511 g/mol. The van der Waals surface area contributed by atoms with Gasteiger partial charge >= 0.3 is 6.61 Å². The summed E-state index contributed by atoms with van der Waals surface area (Å²) in [4.78, 5) is 5.29. The molecule has 1 heterocycles. The summed E-state index contributed by atoms with van der Waals surface area (Å²) in [5.74, 6) is 0.635. The molecule has 1 aromatic heterocycles. The maximum Gasteiger partial charge on any atom is 0.387 e. The topological polar surface area (TPSA) is 65.9 Å². The van der Waals surface area contributed by atoms with E-state index in [9.17, 15) is 13.9 Å². The summed E-state index contributed by atoms with van der Waals surface area (Å²) in [6, 6.07) is 10.2. The van der Waals surface area contributed by atoms with Gasteiger partial charge in [-0.05, 0) is 43.0 Å². The Hall–Kier alpha value is -1.46. The first-order chi connectivity index (χ1) is 12.4. The fourth-order valence-electron chi connectivity index (χ4n) is 2.26. The monoisotopic (exact) mass is 511 g/mol. The molecule has 1 unspecified atom stereocenters. The lowest BCUT2D eigenvalue weighted by molar-refractivity contribution is -0.0498. The summed E-state index contributed by atoms with van der Waals surface area (Å²) < 4.78 is 29.0. The minimum absolute atomic E-state index is 0. The minimum Gasteiger partial charge on any atom is -0.435 e. The van der Waals surface area contributed by atoms with Crippen molar-refractivity contribution in [3.05, 3.63) is 52.2 Å². The second-order valence-corrected chi connectivity index (χ2v) is 6.77. The third-order valence-corrected chi connectivity index (χ3v) is 4.66. The van der Waals surface area contributed by atoms with Crippen molar-refractivity contribution in [3.8, 4) is 5.75 Å². The molecule has 2 rings (SSSR count). The number of nitrogens with zero attached hydrogens (tertiary/aromatic N) is 1. The normalized spacial score (nSPS) is 13.6. The van der Waals surface area contributed by atoms with Crippen molar-refractivity contribution >= 4 is 41.3 Å². The molecule has 0 aliphatic heterocycles. The maximum absolute atomic E-state index is 12.3. The van der Waals surface area contributed by atoms with E-state index in [0.29, 0.717) is 12.5 Å². The Balaban J connectivity index is 0.00000364. The van der Waals surface area contributed by atoms with Crippen LogP contribution in [0.2, 0.25) is 0 Å². The number of hydrogen-bond acceptors (Lipinski definition) is 4. The summed E-state index contributed by atoms with van der Waals surface area (Å²) >= 11 is 1.49. The van der Waals surface area contributed by atoms with E-state index in [0.717, 1.165) is 10.4 Å². The van der Waals surface area contributed by atoms with Gasteiger partial charge in [-0.1, -0.05) is 18.2 Å². The number of rotatable bonds is 8. The van der Waals surface area contributed by atoms with E-state index in [1.165, 1.54) is 23.5 Å². The van der Waals surface area contributed by atoms with Crippen LogP contribution < -0.4 is 15.4 Å². The van der Waals surface area contributed by atoms with Crippen molar-refractivity contribution in [1.29, 1.82) is 0 Å². The van der Waals surface area contributed by atoms with Crippen LogP contribution in [-0.4, -0.2) is 30.8 Å². The molecule has 27 heavy (non-hydrogen) atoms. The van der Waals surface area contributed by atoms with Gasteiger partial charge in [0.15, 0.2) is 5.96 Å². The van der Waals surface area contributed by atoms with Gasteiger partial charge in [-0.15, -0.1) is 35.3 Å². The summed E-state index contributed by atoms with van der Waals surface area (Å²) in [7, 11) is 0. The van der Waals surface area contributed by atoms with Gasteiger partial charge in [0.1, 0.15) is 11.4 Å². The van der Waals surface area contributed by atoms with Crippen molar-refractivity contribution in [1.82, 2.24) is 10.6 Å². The lowest BCUT2D eigenvalue weighted by Crippen LogP contribution is -2.44. The third kappa shape index (κ3) is 7.97. The number of guanidine groups is 1. The summed E-state index contributed by atoms with van der Waals surface area (Å²) in [5.41, 5.74) is -0.277. The number of alkyl halides is 2. The van der Waals surface area contributed by atoms with Crippen LogP contribution in [0.3, 0.4) is 0 Å². The van der Waals surface area contributed by atoms with Crippen LogP contribution in [0.4, 0.5) is 8.78 Å². The number of halogens is 3. The third-order valence-electron chi connectivity index (χ3n) is 3.54. The zero-order valence-corrected chi connectivity index (χ0v) is 18.3. The number of aliphatic hydroxyl groups is 1. The Morgan fingerprint density at radius 3 is 2.70 bits per heavy atom. The van der Waals surface area contributed by atoms with E-state index >= 15 is 0 Å². The van der Waals surface area contributed by atoms with Crippen molar-refractivity contribution in [2.75, 3.05) is 13.1 Å². The molecule has 0 spiro atoms. The van der Waals surface area contributed by atoms with Gasteiger partial charge in [0.05, 0.1) is 13.1 Å². The number of benzene rings is 1. The largest absolute Gasteiger partial charge is 0.435 e. The number of ether oxygens (including phenoxy) is 1. The second kappa shape index (κ2) is 11.4. The lowest BCUT2D eigenvalue weighted by atomic mass is 10.1. The summed E-state index contributed by atoms with van der Waals surface area (Å²) in [5, 5.41) is 18.7. The molecular formula is C18H24F2IN3O2S. The van der Waals surface area contributed by atoms with Gasteiger partial charge in [0, 0.05) is 11.4 Å². The molecule has 5 nitrogen and oxygen atoms in total. The molecule has 1 aromatic carbocycles. The first-order valence-electron chi connectivity index (χ1n) is 8.23. The van der Waals surface area contributed by atoms with Gasteiger partial charge < -0.3 is 20.5 Å². The van der Waals surface area contributed by atoms with Gasteiger partial charge in [0.2, 0.25) is 0 Å². The summed E-state index contributed by atoms with van der Waals surface area (Å²) in [6.45, 7) is 2.05. The highest BCUT2D eigenvalue weighted by molar-refractivity contribution is 14.0. The highest BCUT2D eigenvalue weighted by Gasteiger charge is 2.24. The van der Waals surface area contributed by atoms with Crippen molar-refractivity contribution in [2.24, 2.45) is 4.99 Å². The molecule has 0 bridgehead atoms. The number of thiophene rings is 1. The molecule has 0 saturated heterocycles. The Bertz CT molecular complexity index is 712. The Kier molecular flexibility index (Phi) is 9.95. The molecule has 9 heteroatoms. The Morgan fingerprint density at radius 2 is 2.07 bits per heavy atom. The molecule has 0 amide bonds. The van der Waals surface area contributed by atoms with Gasteiger partial charge in [0.25, 0.3) is 0 Å². The second-order valence-electron chi connectivity index (χ2n) is 5.83. The highest BCUT2D eigenvalue weighted by Crippen LogP contribution is 2.24. The van der Waals surface area contributed by atoms with E-state index in [4.69, 9.17) is 0 Å². The molecular weight excluding hydrogens is 487 g/mol.